The van der Waals surface area contributed by atoms with E-state index in [-0.39, 0.29) is 18.5 Å². The highest BCUT2D eigenvalue weighted by molar-refractivity contribution is 7.58. The zero-order valence-electron chi connectivity index (χ0n) is 9.56. The van der Waals surface area contributed by atoms with Crippen molar-refractivity contribution < 1.29 is 13.6 Å². The van der Waals surface area contributed by atoms with E-state index >= 15 is 0 Å². The van der Waals surface area contributed by atoms with Crippen molar-refractivity contribution in [1.82, 2.24) is 4.90 Å². The Morgan fingerprint density at radius 2 is 1.87 bits per heavy atom. The van der Waals surface area contributed by atoms with Crippen LogP contribution in [-0.2, 0) is 13.6 Å². The van der Waals surface area contributed by atoms with Crippen LogP contribution in [0.4, 0.5) is 0 Å². The molecule has 0 aliphatic rings. The Labute approximate surface area is 90.8 Å². The van der Waals surface area contributed by atoms with Gasteiger partial charge in [-0.1, -0.05) is 0 Å². The van der Waals surface area contributed by atoms with Gasteiger partial charge in [0, 0.05) is 20.3 Å². The minimum Gasteiger partial charge on any atom is -0.382 e. The van der Waals surface area contributed by atoms with Crippen molar-refractivity contribution in [2.45, 2.75) is 13.8 Å². The first-order valence-electron chi connectivity index (χ1n) is 4.68. The Morgan fingerprint density at radius 1 is 1.40 bits per heavy atom. The Morgan fingerprint density at radius 3 is 2.13 bits per heavy atom. The third-order valence-corrected chi connectivity index (χ3v) is 3.39. The van der Waals surface area contributed by atoms with Gasteiger partial charge in [0.1, 0.15) is 6.07 Å². The highest BCUT2D eigenvalue weighted by atomic mass is 31.2. The van der Waals surface area contributed by atoms with Gasteiger partial charge in [0.2, 0.25) is 0 Å². The summed E-state index contributed by atoms with van der Waals surface area (Å²) in [6.45, 7) is 3.89. The van der Waals surface area contributed by atoms with Gasteiger partial charge >= 0.3 is 7.60 Å². The van der Waals surface area contributed by atoms with Crippen LogP contribution in [0.25, 0.3) is 0 Å². The number of rotatable bonds is 6. The lowest BCUT2D eigenvalue weighted by molar-refractivity contribution is 0.227. The van der Waals surface area contributed by atoms with Crippen molar-refractivity contribution in [2.24, 2.45) is 0 Å². The van der Waals surface area contributed by atoms with Gasteiger partial charge < -0.3 is 13.9 Å². The van der Waals surface area contributed by atoms with E-state index in [0.29, 0.717) is 0 Å². The molecule has 0 aromatic carbocycles. The van der Waals surface area contributed by atoms with Crippen molar-refractivity contribution in [2.75, 3.05) is 27.3 Å². The normalized spacial score (nSPS) is 12.3. The smallest absolute Gasteiger partial charge is 0.373 e. The maximum atomic E-state index is 12.1. The zero-order valence-corrected chi connectivity index (χ0v) is 10.5. The highest BCUT2D eigenvalue weighted by Gasteiger charge is 2.30. The second-order valence-electron chi connectivity index (χ2n) is 2.92. The Kier molecular flexibility index (Phi) is 6.26. The third-order valence-electron chi connectivity index (χ3n) is 1.39. The predicted molar refractivity (Wildman–Crippen MR) is 58.2 cm³/mol. The molecule has 0 bridgehead atoms. The van der Waals surface area contributed by atoms with Gasteiger partial charge in [-0.3, -0.25) is 4.57 Å². The van der Waals surface area contributed by atoms with Crippen LogP contribution < -0.4 is 0 Å². The predicted octanol–water partition coefficient (Wildman–Crippen LogP) is 2.18. The van der Waals surface area contributed by atoms with Crippen molar-refractivity contribution in [3.05, 3.63) is 11.5 Å². The summed E-state index contributed by atoms with van der Waals surface area (Å²) in [6.07, 6.45) is 1.45. The standard InChI is InChI=1S/C9H17N2O3P/c1-5-13-15(12,14-6-2)9(7-10)8-11(3)4/h8H,5-6H2,1-4H3/b9-8+. The van der Waals surface area contributed by atoms with E-state index in [1.807, 2.05) is 6.07 Å². The molecular formula is C9H17N2O3P. The first-order chi connectivity index (χ1) is 7.00. The van der Waals surface area contributed by atoms with Crippen molar-refractivity contribution in [1.29, 1.82) is 5.26 Å². The molecule has 0 heterocycles. The largest absolute Gasteiger partial charge is 0.382 e. The lowest BCUT2D eigenvalue weighted by Crippen LogP contribution is -2.05. The number of nitriles is 1. The quantitative estimate of drug-likeness (QED) is 0.518. The summed E-state index contributed by atoms with van der Waals surface area (Å²) >= 11 is 0. The first-order valence-corrected chi connectivity index (χ1v) is 6.22. The van der Waals surface area contributed by atoms with Crippen LogP contribution in [0.15, 0.2) is 11.5 Å². The summed E-state index contributed by atoms with van der Waals surface area (Å²) in [5.74, 6) is 0. The minimum absolute atomic E-state index is 0.0243. The second-order valence-corrected chi connectivity index (χ2v) is 4.92. The first kappa shape index (κ1) is 14.2. The molecule has 0 unspecified atom stereocenters. The van der Waals surface area contributed by atoms with Crippen LogP contribution in [0, 0.1) is 11.3 Å². The molecule has 0 atom stereocenters. The molecule has 0 rings (SSSR count). The van der Waals surface area contributed by atoms with Gasteiger partial charge in [-0.15, -0.1) is 0 Å². The fourth-order valence-corrected chi connectivity index (χ4v) is 2.45. The van der Waals surface area contributed by atoms with E-state index < -0.39 is 7.60 Å². The van der Waals surface area contributed by atoms with Crippen LogP contribution >= 0.6 is 7.60 Å². The molecule has 0 aromatic rings. The number of hydrogen-bond donors (Lipinski definition) is 0. The van der Waals surface area contributed by atoms with Crippen molar-refractivity contribution in [3.63, 3.8) is 0 Å². The summed E-state index contributed by atoms with van der Waals surface area (Å²) < 4.78 is 22.2. The van der Waals surface area contributed by atoms with Gasteiger partial charge in [-0.25, -0.2) is 0 Å². The van der Waals surface area contributed by atoms with Gasteiger partial charge in [0.05, 0.1) is 13.2 Å². The van der Waals surface area contributed by atoms with Gasteiger partial charge in [-0.2, -0.15) is 5.26 Å². The van der Waals surface area contributed by atoms with Crippen molar-refractivity contribution in [3.8, 4) is 6.07 Å². The number of hydrogen-bond acceptors (Lipinski definition) is 5. The SMILES string of the molecule is CCOP(=O)(OCC)/C(C#N)=C/N(C)C. The van der Waals surface area contributed by atoms with E-state index in [1.165, 1.54) is 6.20 Å². The van der Waals surface area contributed by atoms with E-state index in [1.54, 1.807) is 32.8 Å². The molecule has 0 radical (unpaired) electrons. The molecule has 0 fully saturated rings. The molecule has 5 nitrogen and oxygen atoms in total. The van der Waals surface area contributed by atoms with Gasteiger partial charge in [0.15, 0.2) is 5.31 Å². The summed E-state index contributed by atoms with van der Waals surface area (Å²) in [6, 6.07) is 1.85. The summed E-state index contributed by atoms with van der Waals surface area (Å²) in [5, 5.41) is 8.91. The third kappa shape index (κ3) is 4.48. The number of allylic oxidation sites excluding steroid dienone is 1. The molecule has 0 saturated heterocycles. The molecular weight excluding hydrogens is 215 g/mol. The van der Waals surface area contributed by atoms with Crippen LogP contribution in [-0.4, -0.2) is 32.2 Å². The highest BCUT2D eigenvalue weighted by Crippen LogP contribution is 2.55. The summed E-state index contributed by atoms with van der Waals surface area (Å²) in [7, 11) is 0.0463. The molecule has 0 saturated carbocycles. The van der Waals surface area contributed by atoms with Crippen LogP contribution in [0.3, 0.4) is 0 Å². The fraction of sp³-hybridized carbons (Fsp3) is 0.667. The lowest BCUT2D eigenvalue weighted by Gasteiger charge is -2.17. The second kappa shape index (κ2) is 6.62. The average Bonchev–Trinajstić information content (AvgIpc) is 2.14. The maximum Gasteiger partial charge on any atom is 0.373 e. The topological polar surface area (TPSA) is 62.6 Å². The minimum atomic E-state index is -3.43. The zero-order chi connectivity index (χ0) is 11.9. The molecule has 0 amide bonds. The molecule has 0 aliphatic heterocycles. The molecule has 0 aromatic heterocycles. The van der Waals surface area contributed by atoms with Crippen LogP contribution in [0.1, 0.15) is 13.8 Å². The molecule has 0 aliphatic carbocycles. The molecule has 6 heteroatoms. The maximum absolute atomic E-state index is 12.1. The number of nitrogens with zero attached hydrogens (tertiary/aromatic N) is 2. The summed E-state index contributed by atoms with van der Waals surface area (Å²) in [4.78, 5) is 1.63. The molecule has 86 valence electrons. The Hall–Kier alpha value is -0.820. The lowest BCUT2D eigenvalue weighted by atomic mass is 10.6. The van der Waals surface area contributed by atoms with Gasteiger partial charge in [0.25, 0.3) is 0 Å². The monoisotopic (exact) mass is 232 g/mol. The average molecular weight is 232 g/mol. The van der Waals surface area contributed by atoms with E-state index in [2.05, 4.69) is 0 Å². The molecule has 0 spiro atoms. The fourth-order valence-electron chi connectivity index (χ4n) is 0.922. The van der Waals surface area contributed by atoms with Gasteiger partial charge in [-0.05, 0) is 13.8 Å². The molecule has 0 N–H and O–H groups in total. The van der Waals surface area contributed by atoms with E-state index in [0.717, 1.165) is 0 Å². The van der Waals surface area contributed by atoms with Crippen LogP contribution in [0.2, 0.25) is 0 Å². The Bertz CT molecular complexity index is 297. The van der Waals surface area contributed by atoms with Crippen LogP contribution in [0.5, 0.6) is 0 Å². The Balaban J connectivity index is 5.05. The summed E-state index contributed by atoms with van der Waals surface area (Å²) in [5.41, 5.74) is 0. The van der Waals surface area contributed by atoms with E-state index in [4.69, 9.17) is 14.3 Å². The van der Waals surface area contributed by atoms with E-state index in [9.17, 15) is 4.57 Å². The van der Waals surface area contributed by atoms with Crippen molar-refractivity contribution >= 4 is 7.60 Å². The molecule has 15 heavy (non-hydrogen) atoms.